The number of nitrogens with one attached hydrogen (secondary N) is 1. The van der Waals surface area contributed by atoms with Gasteiger partial charge >= 0.3 is 0 Å². The van der Waals surface area contributed by atoms with E-state index in [-0.39, 0.29) is 17.9 Å². The minimum atomic E-state index is 0.0915. The molecule has 0 unspecified atom stereocenters. The van der Waals surface area contributed by atoms with Crippen LogP contribution >= 0.6 is 0 Å². The molecule has 1 saturated heterocycles. The van der Waals surface area contributed by atoms with Crippen LogP contribution in [0.2, 0.25) is 0 Å². The minimum Gasteiger partial charge on any atom is -0.355 e. The van der Waals surface area contributed by atoms with Gasteiger partial charge in [0.15, 0.2) is 17.0 Å². The first-order valence-electron chi connectivity index (χ1n) is 9.77. The predicted molar refractivity (Wildman–Crippen MR) is 101 cm³/mol. The van der Waals surface area contributed by atoms with Gasteiger partial charge in [-0.3, -0.25) is 4.79 Å². The Hall–Kier alpha value is -2.18. The van der Waals surface area contributed by atoms with Gasteiger partial charge in [0, 0.05) is 31.1 Å². The minimum absolute atomic E-state index is 0.0915. The SMILES string of the molecule is CC(C)[C@H](C)NC(=O)C1CCN(c2ncnc3c2ncn3C2CC2)CC1. The molecule has 1 atom stereocenters. The zero-order valence-electron chi connectivity index (χ0n) is 15.9. The van der Waals surface area contributed by atoms with Gasteiger partial charge in [-0.2, -0.15) is 0 Å². The number of nitrogens with zero attached hydrogens (tertiary/aromatic N) is 5. The van der Waals surface area contributed by atoms with Crippen molar-refractivity contribution in [3.8, 4) is 0 Å². The maximum atomic E-state index is 12.5. The number of carbonyl (C=O) groups excluding carboxylic acids is 1. The van der Waals surface area contributed by atoms with Gasteiger partial charge in [-0.25, -0.2) is 15.0 Å². The zero-order valence-corrected chi connectivity index (χ0v) is 15.9. The molecule has 1 saturated carbocycles. The van der Waals surface area contributed by atoms with Gasteiger partial charge in [-0.15, -0.1) is 0 Å². The number of fused-ring (bicyclic) bond motifs is 1. The molecule has 2 aromatic rings. The Kier molecular flexibility index (Phi) is 4.54. The highest BCUT2D eigenvalue weighted by atomic mass is 16.1. The first kappa shape index (κ1) is 17.2. The molecule has 4 rings (SSSR count). The quantitative estimate of drug-likeness (QED) is 0.891. The fraction of sp³-hybridized carbons (Fsp3) is 0.684. The fourth-order valence-electron chi connectivity index (χ4n) is 3.55. The Morgan fingerprint density at radius 2 is 1.85 bits per heavy atom. The first-order chi connectivity index (χ1) is 12.5. The normalized spacial score (nSPS) is 19.9. The van der Waals surface area contributed by atoms with Crippen molar-refractivity contribution in [2.75, 3.05) is 18.0 Å². The number of rotatable bonds is 5. The van der Waals surface area contributed by atoms with Gasteiger partial charge in [0.05, 0.1) is 6.33 Å². The lowest BCUT2D eigenvalue weighted by atomic mass is 9.95. The molecular formula is C19H28N6O. The highest BCUT2D eigenvalue weighted by molar-refractivity contribution is 5.84. The van der Waals surface area contributed by atoms with Crippen LogP contribution < -0.4 is 10.2 Å². The van der Waals surface area contributed by atoms with Crippen LogP contribution in [-0.2, 0) is 4.79 Å². The second-order valence-electron chi connectivity index (χ2n) is 8.06. The molecule has 3 heterocycles. The summed E-state index contributed by atoms with van der Waals surface area (Å²) in [5.41, 5.74) is 1.82. The molecule has 140 valence electrons. The van der Waals surface area contributed by atoms with Crippen molar-refractivity contribution < 1.29 is 4.79 Å². The largest absolute Gasteiger partial charge is 0.355 e. The topological polar surface area (TPSA) is 75.9 Å². The summed E-state index contributed by atoms with van der Waals surface area (Å²) in [4.78, 5) is 28.3. The Morgan fingerprint density at radius 1 is 1.12 bits per heavy atom. The van der Waals surface area contributed by atoms with Gasteiger partial charge in [0.2, 0.25) is 5.91 Å². The number of aromatic nitrogens is 4. The van der Waals surface area contributed by atoms with Crippen molar-refractivity contribution in [1.82, 2.24) is 24.8 Å². The Labute approximate surface area is 154 Å². The average Bonchev–Trinajstić information content (AvgIpc) is 3.40. The maximum Gasteiger partial charge on any atom is 0.223 e. The zero-order chi connectivity index (χ0) is 18.3. The second kappa shape index (κ2) is 6.85. The number of imidazole rings is 1. The Balaban J connectivity index is 1.44. The number of piperidine rings is 1. The number of hydrogen-bond acceptors (Lipinski definition) is 5. The van der Waals surface area contributed by atoms with Crippen LogP contribution in [-0.4, -0.2) is 44.6 Å². The van der Waals surface area contributed by atoms with Crippen molar-refractivity contribution >= 4 is 22.9 Å². The van der Waals surface area contributed by atoms with E-state index in [1.807, 2.05) is 6.33 Å². The van der Waals surface area contributed by atoms with Crippen LogP contribution in [0.5, 0.6) is 0 Å². The lowest BCUT2D eigenvalue weighted by molar-refractivity contribution is -0.126. The van der Waals surface area contributed by atoms with E-state index >= 15 is 0 Å². The summed E-state index contributed by atoms with van der Waals surface area (Å²) in [6.45, 7) is 8.00. The van der Waals surface area contributed by atoms with Crippen molar-refractivity contribution in [3.05, 3.63) is 12.7 Å². The summed E-state index contributed by atoms with van der Waals surface area (Å²) < 4.78 is 2.17. The lowest BCUT2D eigenvalue weighted by Crippen LogP contribution is -2.44. The van der Waals surface area contributed by atoms with E-state index in [0.717, 1.165) is 42.9 Å². The van der Waals surface area contributed by atoms with E-state index in [4.69, 9.17) is 0 Å². The van der Waals surface area contributed by atoms with Crippen LogP contribution in [0.4, 0.5) is 5.82 Å². The number of hydrogen-bond donors (Lipinski definition) is 1. The van der Waals surface area contributed by atoms with E-state index in [1.54, 1.807) is 6.33 Å². The molecule has 2 fully saturated rings. The third kappa shape index (κ3) is 3.27. The van der Waals surface area contributed by atoms with E-state index in [2.05, 4.69) is 50.5 Å². The van der Waals surface area contributed by atoms with Gasteiger partial charge in [-0.1, -0.05) is 13.8 Å². The van der Waals surface area contributed by atoms with Crippen LogP contribution in [0.15, 0.2) is 12.7 Å². The third-order valence-corrected chi connectivity index (χ3v) is 5.81. The molecule has 7 heteroatoms. The van der Waals surface area contributed by atoms with Gasteiger partial charge < -0.3 is 14.8 Å². The van der Waals surface area contributed by atoms with Crippen molar-refractivity contribution in [1.29, 1.82) is 0 Å². The van der Waals surface area contributed by atoms with Crippen LogP contribution in [0.25, 0.3) is 11.2 Å². The number of amides is 1. The summed E-state index contributed by atoms with van der Waals surface area (Å²) in [7, 11) is 0. The molecule has 1 aliphatic carbocycles. The van der Waals surface area contributed by atoms with Gasteiger partial charge in [0.25, 0.3) is 0 Å². The molecule has 1 amide bonds. The maximum absolute atomic E-state index is 12.5. The predicted octanol–water partition coefficient (Wildman–Crippen LogP) is 2.54. The fourth-order valence-corrected chi connectivity index (χ4v) is 3.55. The number of carbonyl (C=O) groups is 1. The highest BCUT2D eigenvalue weighted by Crippen LogP contribution is 2.37. The molecular weight excluding hydrogens is 328 g/mol. The molecule has 26 heavy (non-hydrogen) atoms. The highest BCUT2D eigenvalue weighted by Gasteiger charge is 2.30. The van der Waals surface area contributed by atoms with Crippen molar-refractivity contribution in [2.45, 2.75) is 58.5 Å². The van der Waals surface area contributed by atoms with E-state index in [0.29, 0.717) is 12.0 Å². The molecule has 0 spiro atoms. The Morgan fingerprint density at radius 3 is 2.50 bits per heavy atom. The lowest BCUT2D eigenvalue weighted by Gasteiger charge is -2.33. The van der Waals surface area contributed by atoms with E-state index in [9.17, 15) is 4.79 Å². The molecule has 0 bridgehead atoms. The molecule has 2 aromatic heterocycles. The average molecular weight is 356 g/mol. The van der Waals surface area contributed by atoms with Crippen LogP contribution in [0, 0.1) is 11.8 Å². The molecule has 0 aromatic carbocycles. The van der Waals surface area contributed by atoms with E-state index < -0.39 is 0 Å². The van der Waals surface area contributed by atoms with Crippen LogP contribution in [0.1, 0.15) is 52.5 Å². The second-order valence-corrected chi connectivity index (χ2v) is 8.06. The molecule has 2 aliphatic rings. The summed E-state index contributed by atoms with van der Waals surface area (Å²) in [6.07, 6.45) is 7.66. The standard InChI is InChI=1S/C19H28N6O/c1-12(2)13(3)23-19(26)14-6-8-24(9-7-14)17-16-18(21-10-20-17)25(11-22-16)15-4-5-15/h10-15H,4-9H2,1-3H3,(H,23,26)/t13-/m0/s1. The molecule has 1 N–H and O–H groups in total. The smallest absolute Gasteiger partial charge is 0.223 e. The molecule has 7 nitrogen and oxygen atoms in total. The summed E-state index contributed by atoms with van der Waals surface area (Å²) >= 11 is 0. The summed E-state index contributed by atoms with van der Waals surface area (Å²) in [5, 5.41) is 3.16. The third-order valence-electron chi connectivity index (χ3n) is 5.81. The summed E-state index contributed by atoms with van der Waals surface area (Å²) in [5.74, 6) is 1.64. The van der Waals surface area contributed by atoms with Gasteiger partial charge in [-0.05, 0) is 38.5 Å². The van der Waals surface area contributed by atoms with Crippen molar-refractivity contribution in [3.63, 3.8) is 0 Å². The number of anilines is 1. The first-order valence-corrected chi connectivity index (χ1v) is 9.77. The molecule has 1 aliphatic heterocycles. The van der Waals surface area contributed by atoms with Crippen molar-refractivity contribution in [2.24, 2.45) is 11.8 Å². The molecule has 0 radical (unpaired) electrons. The Bertz CT molecular complexity index is 788. The van der Waals surface area contributed by atoms with Crippen LogP contribution in [0.3, 0.4) is 0 Å². The monoisotopic (exact) mass is 356 g/mol. The summed E-state index contributed by atoms with van der Waals surface area (Å²) in [6, 6.07) is 0.772. The van der Waals surface area contributed by atoms with E-state index in [1.165, 1.54) is 12.8 Å². The van der Waals surface area contributed by atoms with Gasteiger partial charge in [0.1, 0.15) is 6.33 Å².